The van der Waals surface area contributed by atoms with Gasteiger partial charge in [0.2, 0.25) is 0 Å². The summed E-state index contributed by atoms with van der Waals surface area (Å²) < 4.78 is 7.16. The molecule has 17 heavy (non-hydrogen) atoms. The smallest absolute Gasteiger partial charge is 0.119 e. The summed E-state index contributed by atoms with van der Waals surface area (Å²) in [6, 6.07) is 10.4. The van der Waals surface area contributed by atoms with Gasteiger partial charge in [-0.15, -0.1) is 0 Å². The Kier molecular flexibility index (Phi) is 4.27. The van der Waals surface area contributed by atoms with Gasteiger partial charge in [-0.2, -0.15) is 5.26 Å². The van der Waals surface area contributed by atoms with Crippen molar-refractivity contribution >= 4 is 22.6 Å². The Morgan fingerprint density at radius 1 is 1.29 bits per heavy atom. The number of nitriles is 1. The molecular formula is C14H16INO. The largest absolute Gasteiger partial charge is 0.489 e. The molecule has 0 bridgehead atoms. The molecule has 0 aromatic heterocycles. The van der Waals surface area contributed by atoms with Crippen molar-refractivity contribution in [2.75, 3.05) is 0 Å². The first-order valence-electron chi connectivity index (χ1n) is 6.01. The molecule has 0 amide bonds. The molecular weight excluding hydrogens is 325 g/mol. The van der Waals surface area contributed by atoms with E-state index in [9.17, 15) is 0 Å². The van der Waals surface area contributed by atoms with Gasteiger partial charge in [0.25, 0.3) is 0 Å². The fourth-order valence-electron chi connectivity index (χ4n) is 2.29. The van der Waals surface area contributed by atoms with Crippen LogP contribution in [0.1, 0.15) is 26.2 Å². The van der Waals surface area contributed by atoms with E-state index in [1.807, 2.05) is 24.3 Å². The minimum atomic E-state index is 0.0467. The highest BCUT2D eigenvalue weighted by atomic mass is 127. The summed E-state index contributed by atoms with van der Waals surface area (Å²) in [4.78, 5) is 0. The lowest BCUT2D eigenvalue weighted by Gasteiger charge is -2.31. The van der Waals surface area contributed by atoms with Crippen LogP contribution >= 0.6 is 22.6 Å². The number of ether oxygens (including phenoxy) is 1. The highest BCUT2D eigenvalue weighted by Gasteiger charge is 2.30. The third kappa shape index (κ3) is 3.35. The Bertz CT molecular complexity index is 409. The van der Waals surface area contributed by atoms with Gasteiger partial charge in [-0.1, -0.05) is 6.92 Å². The molecule has 1 aliphatic rings. The van der Waals surface area contributed by atoms with E-state index in [4.69, 9.17) is 10.00 Å². The summed E-state index contributed by atoms with van der Waals surface area (Å²) in [5, 5.41) is 9.14. The van der Waals surface area contributed by atoms with Gasteiger partial charge in [0.15, 0.2) is 0 Å². The normalized spacial score (nSPS) is 28.4. The predicted octanol–water partition coefficient (Wildman–Crippen LogP) is 4.00. The van der Waals surface area contributed by atoms with E-state index >= 15 is 0 Å². The van der Waals surface area contributed by atoms with Crippen molar-refractivity contribution in [2.24, 2.45) is 11.8 Å². The van der Waals surface area contributed by atoms with Gasteiger partial charge in [0, 0.05) is 3.57 Å². The number of benzene rings is 1. The molecule has 0 aliphatic heterocycles. The number of rotatable bonds is 2. The molecule has 3 heteroatoms. The molecule has 2 rings (SSSR count). The quantitative estimate of drug-likeness (QED) is 0.762. The van der Waals surface area contributed by atoms with Crippen LogP contribution in [0.3, 0.4) is 0 Å². The number of halogens is 1. The van der Waals surface area contributed by atoms with Crippen LogP contribution in [0, 0.1) is 26.7 Å². The molecule has 1 aromatic rings. The summed E-state index contributed by atoms with van der Waals surface area (Å²) >= 11 is 2.27. The van der Waals surface area contributed by atoms with Crippen LogP contribution in [0.5, 0.6) is 5.75 Å². The molecule has 0 N–H and O–H groups in total. The van der Waals surface area contributed by atoms with Crippen molar-refractivity contribution in [3.63, 3.8) is 0 Å². The number of hydrogen-bond acceptors (Lipinski definition) is 2. The van der Waals surface area contributed by atoms with E-state index < -0.39 is 0 Å². The van der Waals surface area contributed by atoms with Gasteiger partial charge >= 0.3 is 0 Å². The zero-order chi connectivity index (χ0) is 12.3. The van der Waals surface area contributed by atoms with Gasteiger partial charge in [-0.25, -0.2) is 0 Å². The first-order valence-corrected chi connectivity index (χ1v) is 7.08. The molecule has 0 radical (unpaired) electrons. The lowest BCUT2D eigenvalue weighted by molar-refractivity contribution is 0.0956. The molecule has 0 spiro atoms. The second-order valence-electron chi connectivity index (χ2n) is 4.76. The van der Waals surface area contributed by atoms with Crippen LogP contribution in [-0.4, -0.2) is 6.10 Å². The first-order chi connectivity index (χ1) is 8.19. The standard InChI is InChI=1S/C14H16INO/c1-10-2-3-11(9-16)14(8-10)17-13-6-4-12(15)5-7-13/h4-7,10-11,14H,2-3,8H2,1H3. The molecule has 0 heterocycles. The second kappa shape index (κ2) is 5.72. The summed E-state index contributed by atoms with van der Waals surface area (Å²) in [5.41, 5.74) is 0. The molecule has 3 atom stereocenters. The number of nitrogens with zero attached hydrogens (tertiary/aromatic N) is 1. The summed E-state index contributed by atoms with van der Waals surface area (Å²) in [6.45, 7) is 2.23. The Morgan fingerprint density at radius 3 is 2.65 bits per heavy atom. The molecule has 90 valence electrons. The molecule has 1 aliphatic carbocycles. The average Bonchev–Trinajstić information content (AvgIpc) is 2.32. The minimum Gasteiger partial charge on any atom is -0.489 e. The Hall–Kier alpha value is -0.760. The molecule has 1 aromatic carbocycles. The van der Waals surface area contributed by atoms with E-state index in [0.29, 0.717) is 5.92 Å². The fourth-order valence-corrected chi connectivity index (χ4v) is 2.65. The highest BCUT2D eigenvalue weighted by Crippen LogP contribution is 2.31. The lowest BCUT2D eigenvalue weighted by atomic mass is 9.81. The van der Waals surface area contributed by atoms with Crippen LogP contribution in [0.2, 0.25) is 0 Å². The fraction of sp³-hybridized carbons (Fsp3) is 0.500. The van der Waals surface area contributed by atoms with E-state index in [1.54, 1.807) is 0 Å². The average molecular weight is 341 g/mol. The van der Waals surface area contributed by atoms with Gasteiger partial charge in [-0.3, -0.25) is 0 Å². The Balaban J connectivity index is 2.05. The van der Waals surface area contributed by atoms with Gasteiger partial charge < -0.3 is 4.74 Å². The van der Waals surface area contributed by atoms with Gasteiger partial charge in [0.05, 0.1) is 12.0 Å². The first kappa shape index (κ1) is 12.7. The third-order valence-electron chi connectivity index (χ3n) is 3.32. The van der Waals surface area contributed by atoms with Crippen molar-refractivity contribution in [1.82, 2.24) is 0 Å². The molecule has 1 fully saturated rings. The van der Waals surface area contributed by atoms with Crippen molar-refractivity contribution in [3.8, 4) is 11.8 Å². The third-order valence-corrected chi connectivity index (χ3v) is 4.04. The van der Waals surface area contributed by atoms with E-state index in [1.165, 1.54) is 3.57 Å². The van der Waals surface area contributed by atoms with E-state index in [-0.39, 0.29) is 12.0 Å². The summed E-state index contributed by atoms with van der Waals surface area (Å²) in [6.07, 6.45) is 3.16. The monoisotopic (exact) mass is 341 g/mol. The second-order valence-corrected chi connectivity index (χ2v) is 6.01. The minimum absolute atomic E-state index is 0.0467. The topological polar surface area (TPSA) is 33.0 Å². The van der Waals surface area contributed by atoms with Crippen molar-refractivity contribution in [1.29, 1.82) is 5.26 Å². The highest BCUT2D eigenvalue weighted by molar-refractivity contribution is 14.1. The van der Waals surface area contributed by atoms with Gasteiger partial charge in [-0.05, 0) is 72.0 Å². The maximum Gasteiger partial charge on any atom is 0.119 e. The summed E-state index contributed by atoms with van der Waals surface area (Å²) in [7, 11) is 0. The zero-order valence-electron chi connectivity index (χ0n) is 9.90. The van der Waals surface area contributed by atoms with E-state index in [0.717, 1.165) is 25.0 Å². The summed E-state index contributed by atoms with van der Waals surface area (Å²) in [5.74, 6) is 1.59. The Labute approximate surface area is 116 Å². The Morgan fingerprint density at radius 2 is 2.00 bits per heavy atom. The van der Waals surface area contributed by atoms with E-state index in [2.05, 4.69) is 35.6 Å². The predicted molar refractivity (Wildman–Crippen MR) is 75.7 cm³/mol. The van der Waals surface area contributed by atoms with Crippen LogP contribution in [-0.2, 0) is 0 Å². The SMILES string of the molecule is CC1CCC(C#N)C(Oc2ccc(I)cc2)C1. The van der Waals surface area contributed by atoms with Crippen LogP contribution in [0.15, 0.2) is 24.3 Å². The zero-order valence-corrected chi connectivity index (χ0v) is 12.1. The maximum absolute atomic E-state index is 9.14. The molecule has 3 unspecified atom stereocenters. The maximum atomic E-state index is 9.14. The molecule has 0 saturated heterocycles. The van der Waals surface area contributed by atoms with Crippen molar-refractivity contribution < 1.29 is 4.74 Å². The van der Waals surface area contributed by atoms with Crippen LogP contribution in [0.4, 0.5) is 0 Å². The van der Waals surface area contributed by atoms with Crippen molar-refractivity contribution in [3.05, 3.63) is 27.8 Å². The van der Waals surface area contributed by atoms with Gasteiger partial charge in [0.1, 0.15) is 11.9 Å². The van der Waals surface area contributed by atoms with Crippen molar-refractivity contribution in [2.45, 2.75) is 32.3 Å². The number of hydrogen-bond donors (Lipinski definition) is 0. The van der Waals surface area contributed by atoms with Crippen LogP contribution in [0.25, 0.3) is 0 Å². The molecule has 2 nitrogen and oxygen atoms in total. The lowest BCUT2D eigenvalue weighted by Crippen LogP contribution is -2.32. The van der Waals surface area contributed by atoms with Crippen LogP contribution < -0.4 is 4.74 Å². The molecule has 1 saturated carbocycles.